The fourth-order valence-corrected chi connectivity index (χ4v) is 2.01. The molecule has 0 saturated carbocycles. The van der Waals surface area contributed by atoms with E-state index in [1.165, 1.54) is 11.1 Å². The van der Waals surface area contributed by atoms with Crippen molar-refractivity contribution in [3.8, 4) is 11.1 Å². The smallest absolute Gasteiger partial charge is 0.198 e. The lowest BCUT2D eigenvalue weighted by atomic mass is 10.0. The fourth-order valence-electron chi connectivity index (χ4n) is 2.01. The summed E-state index contributed by atoms with van der Waals surface area (Å²) in [6.07, 6.45) is 1.84. The highest BCUT2D eigenvalue weighted by Gasteiger charge is 2.06. The molecule has 0 atom stereocenters. The van der Waals surface area contributed by atoms with E-state index in [4.69, 9.17) is 4.42 Å². The van der Waals surface area contributed by atoms with Crippen LogP contribution in [-0.2, 0) is 0 Å². The summed E-state index contributed by atoms with van der Waals surface area (Å²) in [5, 5.41) is 0. The maximum Gasteiger partial charge on any atom is 0.198 e. The lowest BCUT2D eigenvalue weighted by Crippen LogP contribution is -1.85. The van der Waals surface area contributed by atoms with Crippen molar-refractivity contribution in [1.82, 2.24) is 9.97 Å². The number of aryl methyl sites for hydroxylation is 3. The number of nitrogens with zero attached hydrogens (tertiary/aromatic N) is 2. The van der Waals surface area contributed by atoms with Gasteiger partial charge in [-0.25, -0.2) is 4.98 Å². The molecule has 3 aromatic rings. The number of oxazole rings is 1. The summed E-state index contributed by atoms with van der Waals surface area (Å²) in [6.45, 7) is 6.06. The Morgan fingerprint density at radius 2 is 1.78 bits per heavy atom. The number of hydrogen-bond donors (Lipinski definition) is 0. The monoisotopic (exact) mass is 238 g/mol. The zero-order valence-electron chi connectivity index (χ0n) is 10.7. The maximum absolute atomic E-state index is 5.51. The first-order chi connectivity index (χ1) is 8.63. The largest absolute Gasteiger partial charge is 0.439 e. The number of fused-ring (bicyclic) bond motifs is 1. The predicted molar refractivity (Wildman–Crippen MR) is 71.5 cm³/mol. The van der Waals surface area contributed by atoms with Gasteiger partial charge in [-0.05, 0) is 36.6 Å². The first kappa shape index (κ1) is 11.0. The van der Waals surface area contributed by atoms with Crippen LogP contribution in [-0.4, -0.2) is 9.97 Å². The van der Waals surface area contributed by atoms with Gasteiger partial charge in [0.1, 0.15) is 0 Å². The quantitative estimate of drug-likeness (QED) is 0.647. The first-order valence-corrected chi connectivity index (χ1v) is 5.94. The third-order valence-electron chi connectivity index (χ3n) is 3.19. The second-order valence-electron chi connectivity index (χ2n) is 4.58. The summed E-state index contributed by atoms with van der Waals surface area (Å²) in [4.78, 5) is 8.53. The molecule has 0 aliphatic carbocycles. The van der Waals surface area contributed by atoms with E-state index in [-0.39, 0.29) is 0 Å². The first-order valence-electron chi connectivity index (χ1n) is 5.94. The molecule has 3 nitrogen and oxygen atoms in total. The van der Waals surface area contributed by atoms with Crippen LogP contribution in [0.4, 0.5) is 0 Å². The van der Waals surface area contributed by atoms with Crippen molar-refractivity contribution in [2.45, 2.75) is 20.8 Å². The minimum absolute atomic E-state index is 0.648. The molecule has 0 aliphatic rings. The van der Waals surface area contributed by atoms with Gasteiger partial charge in [0.2, 0.25) is 0 Å². The lowest BCUT2D eigenvalue weighted by molar-refractivity contribution is 0.561. The summed E-state index contributed by atoms with van der Waals surface area (Å²) in [7, 11) is 0. The van der Waals surface area contributed by atoms with Gasteiger partial charge in [0, 0.05) is 18.7 Å². The van der Waals surface area contributed by atoms with E-state index in [1.807, 2.05) is 19.2 Å². The second-order valence-corrected chi connectivity index (χ2v) is 4.58. The zero-order valence-corrected chi connectivity index (χ0v) is 10.7. The summed E-state index contributed by atoms with van der Waals surface area (Å²) < 4.78 is 5.51. The third-order valence-corrected chi connectivity index (χ3v) is 3.19. The molecule has 0 fully saturated rings. The Labute approximate surface area is 105 Å². The molecule has 0 spiro atoms. The third kappa shape index (κ3) is 1.78. The molecule has 2 aromatic heterocycles. The lowest BCUT2D eigenvalue weighted by Gasteiger charge is -2.04. The van der Waals surface area contributed by atoms with Crippen molar-refractivity contribution in [2.24, 2.45) is 0 Å². The Kier molecular flexibility index (Phi) is 2.40. The summed E-state index contributed by atoms with van der Waals surface area (Å²) >= 11 is 0. The van der Waals surface area contributed by atoms with Crippen molar-refractivity contribution in [3.63, 3.8) is 0 Å². The molecule has 1 aromatic carbocycles. The Morgan fingerprint density at radius 1 is 0.944 bits per heavy atom. The van der Waals surface area contributed by atoms with Gasteiger partial charge in [0.25, 0.3) is 0 Å². The van der Waals surface area contributed by atoms with Crippen LogP contribution in [0, 0.1) is 20.8 Å². The molecule has 0 saturated heterocycles. The van der Waals surface area contributed by atoms with Crippen LogP contribution in [0.5, 0.6) is 0 Å². The van der Waals surface area contributed by atoms with Crippen LogP contribution in [0.3, 0.4) is 0 Å². The summed E-state index contributed by atoms with van der Waals surface area (Å²) in [5.41, 5.74) is 6.19. The minimum atomic E-state index is 0.648. The molecule has 90 valence electrons. The molecule has 0 unspecified atom stereocenters. The molecule has 0 aliphatic heterocycles. The highest BCUT2D eigenvalue weighted by Crippen LogP contribution is 2.24. The van der Waals surface area contributed by atoms with Crippen LogP contribution in [0.15, 0.2) is 34.9 Å². The van der Waals surface area contributed by atoms with Crippen molar-refractivity contribution >= 4 is 11.2 Å². The molecule has 3 heteroatoms. The minimum Gasteiger partial charge on any atom is -0.439 e. The molecule has 0 bridgehead atoms. The fraction of sp³-hybridized carbons (Fsp3) is 0.200. The van der Waals surface area contributed by atoms with E-state index in [0.29, 0.717) is 11.5 Å². The van der Waals surface area contributed by atoms with Gasteiger partial charge in [-0.15, -0.1) is 0 Å². The summed E-state index contributed by atoms with van der Waals surface area (Å²) in [6, 6.07) is 8.39. The maximum atomic E-state index is 5.51. The second kappa shape index (κ2) is 3.95. The van der Waals surface area contributed by atoms with Crippen LogP contribution in [0.25, 0.3) is 22.4 Å². The number of pyridine rings is 1. The van der Waals surface area contributed by atoms with E-state index in [2.05, 4.69) is 42.0 Å². The van der Waals surface area contributed by atoms with Gasteiger partial charge >= 0.3 is 0 Å². The number of aromatic nitrogens is 2. The molecule has 2 heterocycles. The van der Waals surface area contributed by atoms with Gasteiger partial charge in [-0.2, -0.15) is 4.98 Å². The average Bonchev–Trinajstić information content (AvgIpc) is 2.71. The van der Waals surface area contributed by atoms with Gasteiger partial charge < -0.3 is 4.42 Å². The van der Waals surface area contributed by atoms with Gasteiger partial charge in [-0.3, -0.25) is 0 Å². The van der Waals surface area contributed by atoms with Crippen LogP contribution in [0.1, 0.15) is 17.0 Å². The van der Waals surface area contributed by atoms with Gasteiger partial charge in [-0.1, -0.05) is 18.2 Å². The van der Waals surface area contributed by atoms with E-state index >= 15 is 0 Å². The number of rotatable bonds is 1. The SMILES string of the molecule is Cc1nc2ncc(-c3ccc(C)c(C)c3)cc2o1. The highest BCUT2D eigenvalue weighted by molar-refractivity contribution is 5.76. The van der Waals surface area contributed by atoms with Crippen molar-refractivity contribution in [2.75, 3.05) is 0 Å². The molecule has 0 radical (unpaired) electrons. The van der Waals surface area contributed by atoms with Crippen LogP contribution < -0.4 is 0 Å². The molecule has 0 amide bonds. The molecular formula is C15H14N2O. The van der Waals surface area contributed by atoms with E-state index in [1.54, 1.807) is 0 Å². The average molecular weight is 238 g/mol. The van der Waals surface area contributed by atoms with Gasteiger partial charge in [0.05, 0.1) is 0 Å². The summed E-state index contributed by atoms with van der Waals surface area (Å²) in [5.74, 6) is 0.648. The van der Waals surface area contributed by atoms with Crippen LogP contribution in [0.2, 0.25) is 0 Å². The molecule has 3 rings (SSSR count). The van der Waals surface area contributed by atoms with Crippen molar-refractivity contribution in [3.05, 3.63) is 47.5 Å². The van der Waals surface area contributed by atoms with Crippen molar-refractivity contribution < 1.29 is 4.42 Å². The topological polar surface area (TPSA) is 38.9 Å². The Balaban J connectivity index is 2.15. The highest BCUT2D eigenvalue weighted by atomic mass is 16.3. The number of hydrogen-bond acceptors (Lipinski definition) is 3. The normalized spacial score (nSPS) is 11.1. The van der Waals surface area contributed by atoms with Gasteiger partial charge in [0.15, 0.2) is 17.1 Å². The van der Waals surface area contributed by atoms with Crippen LogP contribution >= 0.6 is 0 Å². The van der Waals surface area contributed by atoms with Crippen molar-refractivity contribution in [1.29, 1.82) is 0 Å². The Morgan fingerprint density at radius 3 is 2.56 bits per heavy atom. The molecule has 18 heavy (non-hydrogen) atoms. The Bertz CT molecular complexity index is 728. The predicted octanol–water partition coefficient (Wildman–Crippen LogP) is 3.82. The molecular weight excluding hydrogens is 224 g/mol. The number of benzene rings is 1. The zero-order chi connectivity index (χ0) is 12.7. The van der Waals surface area contributed by atoms with E-state index in [9.17, 15) is 0 Å². The van der Waals surface area contributed by atoms with E-state index in [0.717, 1.165) is 16.7 Å². The standard InChI is InChI=1S/C15H14N2O/c1-9-4-5-12(6-10(9)2)13-7-14-15(16-8-13)17-11(3)18-14/h4-8H,1-3H3. The van der Waals surface area contributed by atoms with E-state index < -0.39 is 0 Å². The molecule has 0 N–H and O–H groups in total. The Hall–Kier alpha value is -2.16.